The summed E-state index contributed by atoms with van der Waals surface area (Å²) < 4.78 is 11.4. The van der Waals surface area contributed by atoms with Crippen molar-refractivity contribution in [1.82, 2.24) is 39.4 Å². The van der Waals surface area contributed by atoms with Crippen LogP contribution in [0.15, 0.2) is 47.5 Å². The Morgan fingerprint density at radius 2 is 1.85 bits per heavy atom. The molecule has 0 N–H and O–H groups in total. The number of aromatic nitrogens is 8. The summed E-state index contributed by atoms with van der Waals surface area (Å²) >= 11 is 5.91. The molecule has 0 spiro atoms. The summed E-state index contributed by atoms with van der Waals surface area (Å²) in [5, 5.41) is 16.8. The molecule has 0 radical (unpaired) electrons. The van der Waals surface area contributed by atoms with Gasteiger partial charge in [-0.25, -0.2) is 9.48 Å². The van der Waals surface area contributed by atoms with E-state index in [1.807, 2.05) is 12.1 Å². The minimum atomic E-state index is -0.365. The fourth-order valence-electron chi connectivity index (χ4n) is 2.52. The second-order valence-corrected chi connectivity index (χ2v) is 6.20. The molecule has 0 aliphatic heterocycles. The number of hydrogen-bond acceptors (Lipinski definition) is 6. The predicted octanol–water partition coefficient (Wildman–Crippen LogP) is 1.12. The van der Waals surface area contributed by atoms with Crippen LogP contribution in [-0.4, -0.2) is 39.4 Å². The molecule has 4 rings (SSSR count). The largest absolute Gasteiger partial charge is 0.470 e. The third kappa shape index (κ3) is 3.22. The van der Waals surface area contributed by atoms with E-state index in [1.165, 1.54) is 11.7 Å². The van der Waals surface area contributed by atoms with Gasteiger partial charge in [0.15, 0.2) is 0 Å². The first-order valence-corrected chi connectivity index (χ1v) is 8.35. The molecule has 0 aliphatic carbocycles. The summed E-state index contributed by atoms with van der Waals surface area (Å²) in [5.74, 6) is 0.434. The highest BCUT2D eigenvalue weighted by Gasteiger charge is 2.16. The van der Waals surface area contributed by atoms with E-state index in [0.29, 0.717) is 22.3 Å². The van der Waals surface area contributed by atoms with Gasteiger partial charge in [0.25, 0.3) is 0 Å². The van der Waals surface area contributed by atoms with Gasteiger partial charge in [0.05, 0.1) is 11.9 Å². The summed E-state index contributed by atoms with van der Waals surface area (Å²) in [6.07, 6.45) is 3.33. The van der Waals surface area contributed by atoms with Crippen molar-refractivity contribution in [2.24, 2.45) is 14.1 Å². The van der Waals surface area contributed by atoms with Gasteiger partial charge in [-0.3, -0.25) is 4.68 Å². The first-order valence-electron chi connectivity index (χ1n) is 7.97. The summed E-state index contributed by atoms with van der Waals surface area (Å²) in [4.78, 5) is 12.1. The lowest BCUT2D eigenvalue weighted by molar-refractivity contribution is 0.281. The van der Waals surface area contributed by atoms with Gasteiger partial charge in [-0.2, -0.15) is 14.5 Å². The molecule has 0 bridgehead atoms. The van der Waals surface area contributed by atoms with E-state index < -0.39 is 0 Å². The zero-order valence-corrected chi connectivity index (χ0v) is 15.3. The summed E-state index contributed by atoms with van der Waals surface area (Å²) in [7, 11) is 3.29. The molecule has 4 aromatic rings. The van der Waals surface area contributed by atoms with E-state index in [-0.39, 0.29) is 12.3 Å². The minimum absolute atomic E-state index is 0.159. The monoisotopic (exact) mass is 386 g/mol. The van der Waals surface area contributed by atoms with E-state index >= 15 is 0 Å². The third-order valence-corrected chi connectivity index (χ3v) is 4.25. The van der Waals surface area contributed by atoms with Gasteiger partial charge in [-0.15, -0.1) is 5.10 Å². The van der Waals surface area contributed by atoms with Gasteiger partial charge in [0, 0.05) is 31.4 Å². The smallest absolute Gasteiger partial charge is 0.368 e. The van der Waals surface area contributed by atoms with Gasteiger partial charge >= 0.3 is 5.69 Å². The Morgan fingerprint density at radius 1 is 1.07 bits per heavy atom. The van der Waals surface area contributed by atoms with Crippen molar-refractivity contribution in [3.05, 3.63) is 63.9 Å². The molecule has 27 heavy (non-hydrogen) atoms. The molecule has 11 heteroatoms. The first-order chi connectivity index (χ1) is 13.0. The molecular weight excluding hydrogens is 372 g/mol. The van der Waals surface area contributed by atoms with Crippen LogP contribution in [-0.2, 0) is 20.7 Å². The van der Waals surface area contributed by atoms with Gasteiger partial charge in [0.2, 0.25) is 5.88 Å². The van der Waals surface area contributed by atoms with Crippen molar-refractivity contribution >= 4 is 11.6 Å². The summed E-state index contributed by atoms with van der Waals surface area (Å²) in [6, 6.07) is 9.05. The Labute approximate surface area is 158 Å². The zero-order chi connectivity index (χ0) is 19.0. The van der Waals surface area contributed by atoms with Crippen LogP contribution in [0, 0.1) is 0 Å². The molecule has 3 heterocycles. The summed E-state index contributed by atoms with van der Waals surface area (Å²) in [5.41, 5.74) is 1.67. The van der Waals surface area contributed by atoms with Gasteiger partial charge < -0.3 is 4.74 Å². The maximum Gasteiger partial charge on any atom is 0.368 e. The lowest BCUT2D eigenvalue weighted by Gasteiger charge is -2.06. The highest BCUT2D eigenvalue weighted by molar-refractivity contribution is 6.30. The molecular formula is C16H15ClN8O2. The average Bonchev–Trinajstić information content (AvgIpc) is 3.35. The molecule has 0 unspecified atom stereocenters. The number of halogens is 1. The number of tetrazole rings is 1. The third-order valence-electron chi connectivity index (χ3n) is 4.00. The molecule has 0 saturated carbocycles. The first kappa shape index (κ1) is 17.0. The van der Waals surface area contributed by atoms with Crippen molar-refractivity contribution < 1.29 is 4.74 Å². The number of nitrogens with zero attached hydrogens (tertiary/aromatic N) is 8. The van der Waals surface area contributed by atoms with E-state index in [1.54, 1.807) is 47.0 Å². The van der Waals surface area contributed by atoms with Crippen LogP contribution in [0.3, 0.4) is 0 Å². The van der Waals surface area contributed by atoms with Crippen LogP contribution in [0.1, 0.15) is 5.69 Å². The van der Waals surface area contributed by atoms with E-state index in [2.05, 4.69) is 20.6 Å². The fraction of sp³-hybridized carbons (Fsp3) is 0.188. The van der Waals surface area contributed by atoms with Gasteiger partial charge in [0.1, 0.15) is 18.0 Å². The predicted molar refractivity (Wildman–Crippen MR) is 96.3 cm³/mol. The number of benzene rings is 1. The second-order valence-electron chi connectivity index (χ2n) is 5.76. The molecule has 0 saturated heterocycles. The van der Waals surface area contributed by atoms with Gasteiger partial charge in [-0.05, 0) is 34.7 Å². The van der Waals surface area contributed by atoms with E-state index in [0.717, 1.165) is 10.4 Å². The van der Waals surface area contributed by atoms with E-state index in [9.17, 15) is 4.79 Å². The fourth-order valence-corrected chi connectivity index (χ4v) is 2.65. The normalized spacial score (nSPS) is 11.1. The van der Waals surface area contributed by atoms with Crippen LogP contribution in [0.4, 0.5) is 0 Å². The van der Waals surface area contributed by atoms with Crippen LogP contribution in [0.2, 0.25) is 5.02 Å². The van der Waals surface area contributed by atoms with Crippen LogP contribution in [0.25, 0.3) is 11.4 Å². The lowest BCUT2D eigenvalue weighted by atomic mass is 10.3. The number of aryl methyl sites for hydroxylation is 2. The molecule has 3 aromatic heterocycles. The average molecular weight is 387 g/mol. The molecule has 0 aliphatic rings. The zero-order valence-electron chi connectivity index (χ0n) is 14.5. The minimum Gasteiger partial charge on any atom is -0.470 e. The summed E-state index contributed by atoms with van der Waals surface area (Å²) in [6.45, 7) is 0.159. The van der Waals surface area contributed by atoms with Crippen molar-refractivity contribution in [3.63, 3.8) is 0 Å². The molecule has 10 nitrogen and oxygen atoms in total. The maximum absolute atomic E-state index is 12.1. The Morgan fingerprint density at radius 3 is 2.56 bits per heavy atom. The highest BCUT2D eigenvalue weighted by Crippen LogP contribution is 2.17. The maximum atomic E-state index is 12.1. The topological polar surface area (TPSA) is 97.6 Å². The second kappa shape index (κ2) is 6.72. The van der Waals surface area contributed by atoms with Gasteiger partial charge in [-0.1, -0.05) is 11.6 Å². The van der Waals surface area contributed by atoms with Crippen LogP contribution in [0.5, 0.6) is 5.88 Å². The van der Waals surface area contributed by atoms with Crippen molar-refractivity contribution in [1.29, 1.82) is 0 Å². The molecule has 1 aromatic carbocycles. The lowest BCUT2D eigenvalue weighted by Crippen LogP contribution is -2.23. The molecule has 138 valence electrons. The van der Waals surface area contributed by atoms with E-state index in [4.69, 9.17) is 16.3 Å². The van der Waals surface area contributed by atoms with Crippen LogP contribution >= 0.6 is 11.6 Å². The Kier molecular flexibility index (Phi) is 4.24. The Balaban J connectivity index is 1.55. The molecule has 0 amide bonds. The number of rotatable bonds is 5. The quantitative estimate of drug-likeness (QED) is 0.509. The molecule has 0 atom stereocenters. The standard InChI is InChI=1S/C16H15ClN8O2/c1-22-14(13(9-18-22)25-16(26)23(2)20-21-25)10-27-15-7-8-24(19-15)12-5-3-11(17)4-6-12/h3-9H,10H2,1-2H3. The van der Waals surface area contributed by atoms with Crippen molar-refractivity contribution in [2.75, 3.05) is 0 Å². The number of ether oxygens (including phenoxy) is 1. The van der Waals surface area contributed by atoms with Crippen LogP contribution < -0.4 is 10.4 Å². The Bertz CT molecular complexity index is 1140. The highest BCUT2D eigenvalue weighted by atomic mass is 35.5. The van der Waals surface area contributed by atoms with Crippen molar-refractivity contribution in [3.8, 4) is 17.3 Å². The molecule has 0 fully saturated rings. The van der Waals surface area contributed by atoms with Crippen molar-refractivity contribution in [2.45, 2.75) is 6.61 Å². The Hall–Kier alpha value is -3.40. The number of hydrogen-bond donors (Lipinski definition) is 0. The SMILES string of the molecule is Cn1ncc(-n2nnn(C)c2=O)c1COc1ccn(-c2ccc(Cl)cc2)n1.